The summed E-state index contributed by atoms with van der Waals surface area (Å²) < 4.78 is 16.1. The van der Waals surface area contributed by atoms with Crippen LogP contribution >= 0.6 is 0 Å². The number of carbonyl (C=O) groups is 2. The first-order valence-electron chi connectivity index (χ1n) is 8.09. The molecule has 7 nitrogen and oxygen atoms in total. The maximum Gasteiger partial charge on any atom is 0.305 e. The van der Waals surface area contributed by atoms with Crippen molar-refractivity contribution < 1.29 is 23.2 Å². The fourth-order valence-corrected chi connectivity index (χ4v) is 2.19. The summed E-state index contributed by atoms with van der Waals surface area (Å²) in [6.45, 7) is 0.201. The van der Waals surface area contributed by atoms with Crippen molar-refractivity contribution in [1.29, 1.82) is 0 Å². The van der Waals surface area contributed by atoms with Gasteiger partial charge in [0.15, 0.2) is 5.76 Å². The van der Waals surface area contributed by atoms with Crippen LogP contribution in [0.4, 0.5) is 0 Å². The van der Waals surface area contributed by atoms with E-state index in [0.717, 1.165) is 0 Å². The van der Waals surface area contributed by atoms with Crippen LogP contribution in [0, 0.1) is 0 Å². The first-order chi connectivity index (χ1) is 12.7. The van der Waals surface area contributed by atoms with Gasteiger partial charge >= 0.3 is 5.91 Å². The van der Waals surface area contributed by atoms with Crippen LogP contribution in [-0.4, -0.2) is 11.8 Å². The number of hydrogen-bond acceptors (Lipinski definition) is 5. The van der Waals surface area contributed by atoms with Gasteiger partial charge in [-0.05, 0) is 36.4 Å². The number of rotatable bonds is 7. The molecule has 7 heteroatoms. The monoisotopic (exact) mass is 354 g/mol. The van der Waals surface area contributed by atoms with Gasteiger partial charge in [-0.1, -0.05) is 18.2 Å². The van der Waals surface area contributed by atoms with E-state index in [-0.39, 0.29) is 24.7 Å². The van der Waals surface area contributed by atoms with Gasteiger partial charge in [-0.2, -0.15) is 0 Å². The van der Waals surface area contributed by atoms with Gasteiger partial charge in [0.25, 0.3) is 0 Å². The van der Waals surface area contributed by atoms with Gasteiger partial charge in [0, 0.05) is 12.8 Å². The highest BCUT2D eigenvalue weighted by molar-refractivity contribution is 5.92. The summed E-state index contributed by atoms with van der Waals surface area (Å²) in [5.74, 6) is 1.14. The lowest BCUT2D eigenvalue weighted by Crippen LogP contribution is -2.41. The van der Waals surface area contributed by atoms with Crippen molar-refractivity contribution in [2.24, 2.45) is 0 Å². The Morgan fingerprint density at radius 3 is 2.54 bits per heavy atom. The van der Waals surface area contributed by atoms with Crippen molar-refractivity contribution in [1.82, 2.24) is 10.9 Å². The Morgan fingerprint density at radius 2 is 1.77 bits per heavy atom. The summed E-state index contributed by atoms with van der Waals surface area (Å²) in [5, 5.41) is 0. The number of nitrogens with one attached hydrogen (secondary N) is 2. The Morgan fingerprint density at radius 1 is 0.923 bits per heavy atom. The third-order valence-corrected chi connectivity index (χ3v) is 3.50. The van der Waals surface area contributed by atoms with Gasteiger partial charge in [0.05, 0.1) is 6.26 Å². The van der Waals surface area contributed by atoms with E-state index in [4.69, 9.17) is 13.6 Å². The highest BCUT2D eigenvalue weighted by Crippen LogP contribution is 2.13. The van der Waals surface area contributed by atoms with Crippen molar-refractivity contribution in [2.45, 2.75) is 19.4 Å². The minimum Gasteiger partial charge on any atom is -0.486 e. The first-order valence-corrected chi connectivity index (χ1v) is 8.09. The molecule has 134 valence electrons. The fraction of sp³-hybridized carbons (Fsp3) is 0.158. The molecule has 1 aromatic carbocycles. The van der Waals surface area contributed by atoms with Crippen LogP contribution in [0.25, 0.3) is 0 Å². The zero-order valence-electron chi connectivity index (χ0n) is 13.9. The Hall–Kier alpha value is -3.48. The zero-order valence-corrected chi connectivity index (χ0v) is 13.9. The maximum atomic E-state index is 12.0. The van der Waals surface area contributed by atoms with Crippen LogP contribution in [-0.2, 0) is 17.8 Å². The number of ether oxygens (including phenoxy) is 1. The van der Waals surface area contributed by atoms with E-state index in [2.05, 4.69) is 10.9 Å². The van der Waals surface area contributed by atoms with E-state index in [1.807, 2.05) is 30.3 Å². The molecule has 3 rings (SSSR count). The van der Waals surface area contributed by atoms with Gasteiger partial charge in [-0.15, -0.1) is 0 Å². The van der Waals surface area contributed by atoms with Gasteiger partial charge < -0.3 is 13.6 Å². The average Bonchev–Trinajstić information content (AvgIpc) is 3.35. The molecule has 3 aromatic rings. The molecule has 0 unspecified atom stereocenters. The average molecular weight is 354 g/mol. The largest absolute Gasteiger partial charge is 0.486 e. The number of para-hydroxylation sites is 1. The minimum absolute atomic E-state index is 0.0861. The summed E-state index contributed by atoms with van der Waals surface area (Å²) in [7, 11) is 0. The second kappa shape index (κ2) is 8.57. The molecule has 2 heterocycles. The molecule has 26 heavy (non-hydrogen) atoms. The van der Waals surface area contributed by atoms with Crippen LogP contribution in [0.3, 0.4) is 0 Å². The van der Waals surface area contributed by atoms with E-state index in [0.29, 0.717) is 23.7 Å². The molecule has 0 radical (unpaired) electrons. The number of carbonyl (C=O) groups excluding carboxylic acids is 2. The van der Waals surface area contributed by atoms with Gasteiger partial charge in [0.2, 0.25) is 5.91 Å². The fourth-order valence-electron chi connectivity index (χ4n) is 2.19. The Balaban J connectivity index is 1.42. The van der Waals surface area contributed by atoms with Crippen LogP contribution in [0.1, 0.15) is 28.5 Å². The SMILES string of the molecule is O=C(CCc1ccco1)NNC(=O)c1ccc(COc2ccccc2)o1. The summed E-state index contributed by atoms with van der Waals surface area (Å²) in [5.41, 5.74) is 4.65. The molecule has 0 bridgehead atoms. The summed E-state index contributed by atoms with van der Waals surface area (Å²) in [6.07, 6.45) is 2.20. The standard InChI is InChI=1S/C19H18N2O5/c22-18(11-9-15-7-4-12-24-15)20-21-19(23)17-10-8-16(26-17)13-25-14-5-2-1-3-6-14/h1-8,10,12H,9,11,13H2,(H,20,22)(H,21,23). The summed E-state index contributed by atoms with van der Waals surface area (Å²) >= 11 is 0. The topological polar surface area (TPSA) is 93.7 Å². The summed E-state index contributed by atoms with van der Waals surface area (Å²) in [6, 6.07) is 16.0. The number of aryl methyl sites for hydroxylation is 1. The van der Waals surface area contributed by atoms with Crippen LogP contribution in [0.15, 0.2) is 69.7 Å². The smallest absolute Gasteiger partial charge is 0.305 e. The number of furan rings is 2. The highest BCUT2D eigenvalue weighted by Gasteiger charge is 2.13. The lowest BCUT2D eigenvalue weighted by atomic mass is 10.2. The van der Waals surface area contributed by atoms with Crippen molar-refractivity contribution in [3.05, 3.63) is 78.1 Å². The molecule has 2 amide bonds. The van der Waals surface area contributed by atoms with E-state index in [1.54, 1.807) is 24.5 Å². The van der Waals surface area contributed by atoms with Crippen molar-refractivity contribution in [3.8, 4) is 5.75 Å². The number of hydrogen-bond donors (Lipinski definition) is 2. The van der Waals surface area contributed by atoms with E-state index < -0.39 is 5.91 Å². The van der Waals surface area contributed by atoms with Gasteiger partial charge in [-0.25, -0.2) is 0 Å². The van der Waals surface area contributed by atoms with Crippen LogP contribution < -0.4 is 15.6 Å². The maximum absolute atomic E-state index is 12.0. The second-order valence-electron chi connectivity index (χ2n) is 5.45. The van der Waals surface area contributed by atoms with E-state index >= 15 is 0 Å². The number of hydrazine groups is 1. The van der Waals surface area contributed by atoms with Gasteiger partial charge in [-0.3, -0.25) is 20.4 Å². The number of benzene rings is 1. The van der Waals surface area contributed by atoms with E-state index in [9.17, 15) is 9.59 Å². The highest BCUT2D eigenvalue weighted by atomic mass is 16.5. The molecule has 0 fully saturated rings. The number of amides is 2. The predicted molar refractivity (Wildman–Crippen MR) is 92.1 cm³/mol. The molecular formula is C19H18N2O5. The predicted octanol–water partition coefficient (Wildman–Crippen LogP) is 2.85. The Kier molecular flexibility index (Phi) is 5.72. The molecule has 2 N–H and O–H groups in total. The molecule has 0 aliphatic heterocycles. The third-order valence-electron chi connectivity index (χ3n) is 3.50. The minimum atomic E-state index is -0.540. The third kappa shape index (κ3) is 5.01. The van der Waals surface area contributed by atoms with Gasteiger partial charge in [0.1, 0.15) is 23.9 Å². The lowest BCUT2D eigenvalue weighted by molar-refractivity contribution is -0.121. The molecule has 0 atom stereocenters. The molecular weight excluding hydrogens is 336 g/mol. The van der Waals surface area contributed by atoms with Crippen LogP contribution in [0.5, 0.6) is 5.75 Å². The Labute approximate surface area is 149 Å². The second-order valence-corrected chi connectivity index (χ2v) is 5.45. The lowest BCUT2D eigenvalue weighted by Gasteiger charge is -2.05. The normalized spacial score (nSPS) is 10.3. The van der Waals surface area contributed by atoms with Crippen LogP contribution in [0.2, 0.25) is 0 Å². The molecule has 0 aliphatic rings. The van der Waals surface area contributed by atoms with Crippen molar-refractivity contribution in [3.63, 3.8) is 0 Å². The molecule has 0 saturated heterocycles. The molecule has 0 spiro atoms. The quantitative estimate of drug-likeness (QED) is 0.636. The zero-order chi connectivity index (χ0) is 18.2. The first kappa shape index (κ1) is 17.3. The molecule has 0 aliphatic carbocycles. The van der Waals surface area contributed by atoms with Crippen molar-refractivity contribution >= 4 is 11.8 Å². The van der Waals surface area contributed by atoms with Crippen molar-refractivity contribution in [2.75, 3.05) is 0 Å². The summed E-state index contributed by atoms with van der Waals surface area (Å²) in [4.78, 5) is 23.7. The molecule has 0 saturated carbocycles. The van der Waals surface area contributed by atoms with E-state index in [1.165, 1.54) is 6.07 Å². The Bertz CT molecular complexity index is 840. The molecule has 2 aromatic heterocycles.